The molecular formula is C11H19NO3S. The van der Waals surface area contributed by atoms with E-state index in [0.29, 0.717) is 13.0 Å². The standard InChI is InChI=1S/C11H19NO3S/c1-11(2,3)15-10(14)8-5-4-6-12(8)9(13)7-16/h8,16H,4-7H2,1-3H3/t8-/m1/s1. The van der Waals surface area contributed by atoms with E-state index in [-0.39, 0.29) is 17.6 Å². The highest BCUT2D eigenvalue weighted by Gasteiger charge is 2.36. The van der Waals surface area contributed by atoms with E-state index in [1.165, 1.54) is 0 Å². The van der Waals surface area contributed by atoms with Gasteiger partial charge in [0, 0.05) is 6.54 Å². The lowest BCUT2D eigenvalue weighted by Gasteiger charge is -2.27. The fourth-order valence-electron chi connectivity index (χ4n) is 1.77. The van der Waals surface area contributed by atoms with Crippen molar-refractivity contribution in [1.29, 1.82) is 0 Å². The van der Waals surface area contributed by atoms with Crippen molar-refractivity contribution >= 4 is 24.5 Å². The molecule has 1 aliphatic rings. The zero-order valence-corrected chi connectivity index (χ0v) is 10.9. The highest BCUT2D eigenvalue weighted by molar-refractivity contribution is 7.81. The highest BCUT2D eigenvalue weighted by Crippen LogP contribution is 2.21. The van der Waals surface area contributed by atoms with Crippen molar-refractivity contribution in [3.05, 3.63) is 0 Å². The number of carbonyl (C=O) groups excluding carboxylic acids is 2. The number of hydrogen-bond acceptors (Lipinski definition) is 4. The van der Waals surface area contributed by atoms with Crippen molar-refractivity contribution in [3.63, 3.8) is 0 Å². The van der Waals surface area contributed by atoms with Gasteiger partial charge < -0.3 is 9.64 Å². The van der Waals surface area contributed by atoms with Crippen molar-refractivity contribution < 1.29 is 14.3 Å². The summed E-state index contributed by atoms with van der Waals surface area (Å²) in [5.41, 5.74) is -0.505. The topological polar surface area (TPSA) is 46.6 Å². The molecule has 1 saturated heterocycles. The Morgan fingerprint density at radius 2 is 2.06 bits per heavy atom. The van der Waals surface area contributed by atoms with Gasteiger partial charge in [0.2, 0.25) is 5.91 Å². The molecule has 1 atom stereocenters. The summed E-state index contributed by atoms with van der Waals surface area (Å²) in [6.07, 6.45) is 1.54. The van der Waals surface area contributed by atoms with Crippen LogP contribution in [0.3, 0.4) is 0 Å². The Bertz CT molecular complexity index is 285. The predicted molar refractivity (Wildman–Crippen MR) is 64.4 cm³/mol. The number of hydrogen-bond donors (Lipinski definition) is 1. The van der Waals surface area contributed by atoms with Crippen LogP contribution in [0.25, 0.3) is 0 Å². The number of amides is 1. The van der Waals surface area contributed by atoms with Crippen LogP contribution >= 0.6 is 12.6 Å². The maximum Gasteiger partial charge on any atom is 0.329 e. The molecule has 4 nitrogen and oxygen atoms in total. The molecule has 0 aromatic carbocycles. The van der Waals surface area contributed by atoms with E-state index in [1.54, 1.807) is 4.90 Å². The van der Waals surface area contributed by atoms with E-state index in [2.05, 4.69) is 12.6 Å². The van der Waals surface area contributed by atoms with Crippen LogP contribution in [0.15, 0.2) is 0 Å². The summed E-state index contributed by atoms with van der Waals surface area (Å²) < 4.78 is 5.29. The lowest BCUT2D eigenvalue weighted by atomic mass is 10.1. The van der Waals surface area contributed by atoms with Crippen molar-refractivity contribution in [3.8, 4) is 0 Å². The fourth-order valence-corrected chi connectivity index (χ4v) is 1.95. The summed E-state index contributed by atoms with van der Waals surface area (Å²) >= 11 is 3.94. The van der Waals surface area contributed by atoms with E-state index < -0.39 is 11.6 Å². The van der Waals surface area contributed by atoms with Gasteiger partial charge in [-0.15, -0.1) is 0 Å². The molecule has 0 N–H and O–H groups in total. The molecule has 1 amide bonds. The van der Waals surface area contributed by atoms with Gasteiger partial charge in [0.1, 0.15) is 11.6 Å². The number of ether oxygens (including phenoxy) is 1. The molecular weight excluding hydrogens is 226 g/mol. The van der Waals surface area contributed by atoms with Gasteiger partial charge in [0.15, 0.2) is 0 Å². The van der Waals surface area contributed by atoms with Crippen LogP contribution in [0.4, 0.5) is 0 Å². The molecule has 1 heterocycles. The van der Waals surface area contributed by atoms with Gasteiger partial charge in [-0.05, 0) is 33.6 Å². The number of thiol groups is 1. The summed E-state index contributed by atoms with van der Waals surface area (Å²) in [6.45, 7) is 6.10. The minimum atomic E-state index is -0.505. The molecule has 0 bridgehead atoms. The van der Waals surface area contributed by atoms with E-state index >= 15 is 0 Å². The molecule has 0 aliphatic carbocycles. The molecule has 0 unspecified atom stereocenters. The van der Waals surface area contributed by atoms with Gasteiger partial charge in [-0.2, -0.15) is 12.6 Å². The quantitative estimate of drug-likeness (QED) is 0.588. The Morgan fingerprint density at radius 1 is 1.44 bits per heavy atom. The highest BCUT2D eigenvalue weighted by atomic mass is 32.1. The Hall–Kier alpha value is -0.710. The minimum Gasteiger partial charge on any atom is -0.458 e. The summed E-state index contributed by atoms with van der Waals surface area (Å²) in [6, 6.07) is -0.418. The second-order valence-corrected chi connectivity index (χ2v) is 5.25. The third-order valence-corrected chi connectivity index (χ3v) is 2.66. The Balaban J connectivity index is 2.65. The molecule has 0 saturated carbocycles. The SMILES string of the molecule is CC(C)(C)OC(=O)[C@H]1CCCN1C(=O)CS. The molecule has 92 valence electrons. The Labute approximate surface area is 102 Å². The molecule has 0 radical (unpaired) electrons. The van der Waals surface area contributed by atoms with Crippen LogP contribution in [-0.4, -0.2) is 40.7 Å². The van der Waals surface area contributed by atoms with E-state index in [9.17, 15) is 9.59 Å². The molecule has 1 aliphatic heterocycles. The fraction of sp³-hybridized carbons (Fsp3) is 0.818. The largest absolute Gasteiger partial charge is 0.458 e. The minimum absolute atomic E-state index is 0.100. The van der Waals surface area contributed by atoms with Crippen LogP contribution in [0.5, 0.6) is 0 Å². The monoisotopic (exact) mass is 245 g/mol. The first kappa shape index (κ1) is 13.4. The smallest absolute Gasteiger partial charge is 0.329 e. The Kier molecular flexibility index (Phi) is 4.24. The van der Waals surface area contributed by atoms with Crippen molar-refractivity contribution in [2.24, 2.45) is 0 Å². The zero-order valence-electron chi connectivity index (χ0n) is 10.0. The molecule has 0 aromatic rings. The summed E-state index contributed by atoms with van der Waals surface area (Å²) in [7, 11) is 0. The lowest BCUT2D eigenvalue weighted by Crippen LogP contribution is -2.44. The van der Waals surface area contributed by atoms with Gasteiger partial charge >= 0.3 is 5.97 Å². The average molecular weight is 245 g/mol. The van der Waals surface area contributed by atoms with E-state index in [1.807, 2.05) is 20.8 Å². The molecule has 16 heavy (non-hydrogen) atoms. The number of esters is 1. The molecule has 0 spiro atoms. The van der Waals surface area contributed by atoms with Crippen LogP contribution in [-0.2, 0) is 14.3 Å². The molecule has 5 heteroatoms. The number of carbonyl (C=O) groups is 2. The van der Waals surface area contributed by atoms with Crippen LogP contribution in [0, 0.1) is 0 Å². The third-order valence-electron chi connectivity index (χ3n) is 2.39. The van der Waals surface area contributed by atoms with Gasteiger partial charge in [-0.3, -0.25) is 4.79 Å². The van der Waals surface area contributed by atoms with Crippen molar-refractivity contribution in [2.45, 2.75) is 45.3 Å². The van der Waals surface area contributed by atoms with Crippen LogP contribution < -0.4 is 0 Å². The number of nitrogens with zero attached hydrogens (tertiary/aromatic N) is 1. The maximum absolute atomic E-state index is 11.9. The second kappa shape index (κ2) is 5.08. The molecule has 1 fully saturated rings. The van der Waals surface area contributed by atoms with Gasteiger partial charge in [0.25, 0.3) is 0 Å². The second-order valence-electron chi connectivity index (χ2n) is 4.94. The van der Waals surface area contributed by atoms with Crippen molar-refractivity contribution in [1.82, 2.24) is 4.90 Å². The first-order chi connectivity index (χ1) is 7.35. The first-order valence-electron chi connectivity index (χ1n) is 5.48. The maximum atomic E-state index is 11.9. The van der Waals surface area contributed by atoms with Crippen LogP contribution in [0.1, 0.15) is 33.6 Å². The van der Waals surface area contributed by atoms with Gasteiger partial charge in [-0.1, -0.05) is 0 Å². The van der Waals surface area contributed by atoms with Gasteiger partial charge in [0.05, 0.1) is 5.75 Å². The zero-order chi connectivity index (χ0) is 12.3. The number of likely N-dealkylation sites (tertiary alicyclic amines) is 1. The summed E-state index contributed by atoms with van der Waals surface area (Å²) in [5.74, 6) is -0.268. The normalized spacial score (nSPS) is 21.0. The van der Waals surface area contributed by atoms with E-state index in [4.69, 9.17) is 4.74 Å². The lowest BCUT2D eigenvalue weighted by molar-refractivity contribution is -0.162. The van der Waals surface area contributed by atoms with Gasteiger partial charge in [-0.25, -0.2) is 4.79 Å². The van der Waals surface area contributed by atoms with Crippen molar-refractivity contribution in [2.75, 3.05) is 12.3 Å². The first-order valence-corrected chi connectivity index (χ1v) is 6.11. The number of rotatable bonds is 2. The summed E-state index contributed by atoms with van der Waals surface area (Å²) in [5, 5.41) is 0. The third kappa shape index (κ3) is 3.40. The van der Waals surface area contributed by atoms with E-state index in [0.717, 1.165) is 6.42 Å². The Morgan fingerprint density at radius 3 is 2.56 bits per heavy atom. The van der Waals surface area contributed by atoms with Crippen LogP contribution in [0.2, 0.25) is 0 Å². The average Bonchev–Trinajstić information content (AvgIpc) is 2.62. The molecule has 1 rings (SSSR count). The predicted octanol–water partition coefficient (Wildman–Crippen LogP) is 1.25. The molecule has 0 aromatic heterocycles. The summed E-state index contributed by atoms with van der Waals surface area (Å²) in [4.78, 5) is 25.0.